The van der Waals surface area contributed by atoms with E-state index in [1.54, 1.807) is 29.1 Å². The van der Waals surface area contributed by atoms with Crippen LogP contribution in [0.1, 0.15) is 38.1 Å². The van der Waals surface area contributed by atoms with Gasteiger partial charge in [0.1, 0.15) is 22.3 Å². The van der Waals surface area contributed by atoms with Gasteiger partial charge in [-0.05, 0) is 51.0 Å². The number of benzene rings is 1. The summed E-state index contributed by atoms with van der Waals surface area (Å²) in [4.78, 5) is 27.1. The number of rotatable bonds is 4. The zero-order chi connectivity index (χ0) is 20.7. The third-order valence-corrected chi connectivity index (χ3v) is 6.02. The highest BCUT2D eigenvalue weighted by atomic mass is 32.1. The second-order valence-corrected chi connectivity index (χ2v) is 7.90. The minimum atomic E-state index is -0.364. The first-order chi connectivity index (χ1) is 13.8. The lowest BCUT2D eigenvalue weighted by atomic mass is 10.1. The largest absolute Gasteiger partial charge is 0.347 e. The molecule has 0 spiro atoms. The molecule has 1 aromatic carbocycles. The maximum Gasteiger partial charge on any atom is 0.261 e. The summed E-state index contributed by atoms with van der Waals surface area (Å²) in [6, 6.07) is 4.93. The van der Waals surface area contributed by atoms with Crippen molar-refractivity contribution in [2.24, 2.45) is 0 Å². The number of aryl methyl sites for hydroxylation is 4. The SMILES string of the molecule is Cc1nc(C)c2c(C)c(C(=O)NCc3ccc(-n4ccnc4C)c(F)c3)sc2n1. The van der Waals surface area contributed by atoms with E-state index in [0.29, 0.717) is 27.8 Å². The van der Waals surface area contributed by atoms with Gasteiger partial charge in [-0.25, -0.2) is 19.3 Å². The lowest BCUT2D eigenvalue weighted by Gasteiger charge is -2.09. The molecule has 3 heterocycles. The Morgan fingerprint density at radius 3 is 2.69 bits per heavy atom. The van der Waals surface area contributed by atoms with Crippen LogP contribution in [0.5, 0.6) is 0 Å². The molecule has 0 aliphatic heterocycles. The van der Waals surface area contributed by atoms with Crippen LogP contribution in [0.2, 0.25) is 0 Å². The van der Waals surface area contributed by atoms with Gasteiger partial charge >= 0.3 is 0 Å². The molecule has 0 aliphatic rings. The van der Waals surface area contributed by atoms with Crippen molar-refractivity contribution in [2.75, 3.05) is 0 Å². The molecule has 0 unspecified atom stereocenters. The van der Waals surface area contributed by atoms with Gasteiger partial charge in [0.25, 0.3) is 5.91 Å². The van der Waals surface area contributed by atoms with Crippen LogP contribution in [0, 0.1) is 33.5 Å². The summed E-state index contributed by atoms with van der Waals surface area (Å²) in [6.07, 6.45) is 3.34. The number of fused-ring (bicyclic) bond motifs is 1. The summed E-state index contributed by atoms with van der Waals surface area (Å²) < 4.78 is 16.2. The fraction of sp³-hybridized carbons (Fsp3) is 0.238. The quantitative estimate of drug-likeness (QED) is 0.549. The van der Waals surface area contributed by atoms with E-state index in [1.807, 2.05) is 27.7 Å². The molecule has 0 bridgehead atoms. The standard InChI is InChI=1S/C21H20FN5OS/c1-11-18-12(2)25-13(3)26-21(18)29-19(11)20(28)24-10-15-5-6-17(16(22)9-15)27-8-7-23-14(27)4/h5-9H,10H2,1-4H3,(H,24,28). The first-order valence-corrected chi connectivity index (χ1v) is 9.98. The van der Waals surface area contributed by atoms with E-state index >= 15 is 0 Å². The first kappa shape index (κ1) is 19.2. The summed E-state index contributed by atoms with van der Waals surface area (Å²) in [7, 11) is 0. The predicted molar refractivity (Wildman–Crippen MR) is 111 cm³/mol. The summed E-state index contributed by atoms with van der Waals surface area (Å²) in [6.45, 7) is 7.71. The molecule has 0 radical (unpaired) electrons. The van der Waals surface area contributed by atoms with Crippen molar-refractivity contribution in [3.8, 4) is 5.69 Å². The number of nitrogens with one attached hydrogen (secondary N) is 1. The number of halogens is 1. The monoisotopic (exact) mass is 409 g/mol. The van der Waals surface area contributed by atoms with Gasteiger partial charge in [-0.15, -0.1) is 11.3 Å². The van der Waals surface area contributed by atoms with Gasteiger partial charge in [0.2, 0.25) is 0 Å². The third kappa shape index (κ3) is 3.51. The number of imidazole rings is 1. The average molecular weight is 409 g/mol. The number of carbonyl (C=O) groups excluding carboxylic acids is 1. The van der Waals surface area contributed by atoms with E-state index in [2.05, 4.69) is 20.3 Å². The maximum atomic E-state index is 14.6. The highest BCUT2D eigenvalue weighted by Gasteiger charge is 2.18. The van der Waals surface area contributed by atoms with Gasteiger partial charge < -0.3 is 9.88 Å². The number of carbonyl (C=O) groups is 1. The van der Waals surface area contributed by atoms with Crippen LogP contribution in [-0.2, 0) is 6.54 Å². The van der Waals surface area contributed by atoms with Crippen LogP contribution in [-0.4, -0.2) is 25.4 Å². The Bertz CT molecular complexity index is 1240. The molecule has 29 heavy (non-hydrogen) atoms. The topological polar surface area (TPSA) is 72.7 Å². The fourth-order valence-corrected chi connectivity index (χ4v) is 4.64. The summed E-state index contributed by atoms with van der Waals surface area (Å²) in [5.41, 5.74) is 2.85. The Morgan fingerprint density at radius 1 is 1.21 bits per heavy atom. The van der Waals surface area contributed by atoms with Crippen molar-refractivity contribution >= 4 is 27.5 Å². The molecular weight excluding hydrogens is 389 g/mol. The molecule has 0 saturated heterocycles. The number of thiophene rings is 1. The van der Waals surface area contributed by atoms with E-state index < -0.39 is 0 Å². The molecule has 0 saturated carbocycles. The molecule has 8 heteroatoms. The zero-order valence-corrected chi connectivity index (χ0v) is 17.4. The summed E-state index contributed by atoms with van der Waals surface area (Å²) in [5, 5.41) is 3.81. The van der Waals surface area contributed by atoms with Crippen molar-refractivity contribution in [1.82, 2.24) is 24.8 Å². The number of hydrogen-bond donors (Lipinski definition) is 1. The highest BCUT2D eigenvalue weighted by Crippen LogP contribution is 2.31. The van der Waals surface area contributed by atoms with E-state index in [0.717, 1.165) is 21.5 Å². The molecule has 148 valence electrons. The first-order valence-electron chi connectivity index (χ1n) is 9.16. The van der Waals surface area contributed by atoms with Gasteiger partial charge in [-0.3, -0.25) is 4.79 Å². The van der Waals surface area contributed by atoms with Crippen molar-refractivity contribution in [1.29, 1.82) is 0 Å². The van der Waals surface area contributed by atoms with E-state index in [-0.39, 0.29) is 18.3 Å². The van der Waals surface area contributed by atoms with Gasteiger partial charge in [-0.1, -0.05) is 6.07 Å². The molecule has 4 rings (SSSR count). The summed E-state index contributed by atoms with van der Waals surface area (Å²) >= 11 is 1.35. The van der Waals surface area contributed by atoms with E-state index in [9.17, 15) is 9.18 Å². The molecular formula is C21H20FN5OS. The lowest BCUT2D eigenvalue weighted by Crippen LogP contribution is -2.22. The van der Waals surface area contributed by atoms with Crippen molar-refractivity contribution in [2.45, 2.75) is 34.2 Å². The Hall–Kier alpha value is -3.13. The molecule has 3 aromatic heterocycles. The highest BCUT2D eigenvalue weighted by molar-refractivity contribution is 7.20. The van der Waals surface area contributed by atoms with Crippen molar-refractivity contribution < 1.29 is 9.18 Å². The third-order valence-electron chi connectivity index (χ3n) is 4.84. The van der Waals surface area contributed by atoms with E-state index in [1.165, 1.54) is 17.4 Å². The number of nitrogens with zero attached hydrogens (tertiary/aromatic N) is 4. The minimum absolute atomic E-state index is 0.197. The molecule has 0 fully saturated rings. The molecule has 0 aliphatic carbocycles. The Kier molecular flexibility index (Phi) is 4.87. The molecule has 6 nitrogen and oxygen atoms in total. The number of amides is 1. The molecule has 1 N–H and O–H groups in total. The van der Waals surface area contributed by atoms with Crippen LogP contribution >= 0.6 is 11.3 Å². The van der Waals surface area contributed by atoms with Crippen LogP contribution in [0.15, 0.2) is 30.6 Å². The van der Waals surface area contributed by atoms with Crippen LogP contribution in [0.25, 0.3) is 15.9 Å². The number of aromatic nitrogens is 4. The smallest absolute Gasteiger partial charge is 0.261 e. The van der Waals surface area contributed by atoms with Crippen LogP contribution in [0.3, 0.4) is 0 Å². The molecule has 4 aromatic rings. The van der Waals surface area contributed by atoms with Crippen molar-refractivity contribution in [3.05, 3.63) is 69.8 Å². The van der Waals surface area contributed by atoms with Gasteiger partial charge in [0.05, 0.1) is 10.6 Å². The predicted octanol–water partition coefficient (Wildman–Crippen LogP) is 4.18. The Morgan fingerprint density at radius 2 is 2.00 bits per heavy atom. The lowest BCUT2D eigenvalue weighted by molar-refractivity contribution is 0.0954. The fourth-order valence-electron chi connectivity index (χ4n) is 3.44. The second kappa shape index (κ2) is 7.36. The average Bonchev–Trinajstić information content (AvgIpc) is 3.23. The van der Waals surface area contributed by atoms with Crippen LogP contribution in [0.4, 0.5) is 4.39 Å². The van der Waals surface area contributed by atoms with E-state index in [4.69, 9.17) is 0 Å². The summed E-state index contributed by atoms with van der Waals surface area (Å²) in [5.74, 6) is 0.834. The normalized spacial score (nSPS) is 11.2. The van der Waals surface area contributed by atoms with Gasteiger partial charge in [0, 0.05) is 30.0 Å². The zero-order valence-electron chi connectivity index (χ0n) is 16.6. The molecule has 0 atom stereocenters. The van der Waals surface area contributed by atoms with Crippen LogP contribution < -0.4 is 5.32 Å². The van der Waals surface area contributed by atoms with Crippen molar-refractivity contribution in [3.63, 3.8) is 0 Å². The number of hydrogen-bond acceptors (Lipinski definition) is 5. The second-order valence-electron chi connectivity index (χ2n) is 6.91. The Balaban J connectivity index is 1.54. The minimum Gasteiger partial charge on any atom is -0.347 e. The molecule has 1 amide bonds. The van der Waals surface area contributed by atoms with Gasteiger partial charge in [-0.2, -0.15) is 0 Å². The Labute approximate surface area is 171 Å². The maximum absolute atomic E-state index is 14.6. The van der Waals surface area contributed by atoms with Gasteiger partial charge in [0.15, 0.2) is 0 Å².